The van der Waals surface area contributed by atoms with E-state index < -0.39 is 0 Å². The summed E-state index contributed by atoms with van der Waals surface area (Å²) >= 11 is 10.4. The standard InChI is InChI=1S/C7H9ClN2S3/c1-11-6-9-10-7(13-6)12-5-3-2-4-8/h2-3H,4-5H2,1H3/b3-2+. The van der Waals surface area contributed by atoms with E-state index >= 15 is 0 Å². The fourth-order valence-corrected chi connectivity index (χ4v) is 3.03. The zero-order valence-electron chi connectivity index (χ0n) is 7.07. The average Bonchev–Trinajstić information content (AvgIpc) is 2.60. The van der Waals surface area contributed by atoms with Crippen LogP contribution in [0.2, 0.25) is 0 Å². The molecule has 0 amide bonds. The van der Waals surface area contributed by atoms with Gasteiger partial charge in [0.2, 0.25) is 0 Å². The number of nitrogens with zero attached hydrogens (tertiary/aromatic N) is 2. The van der Waals surface area contributed by atoms with Gasteiger partial charge in [-0.1, -0.05) is 47.0 Å². The maximum absolute atomic E-state index is 5.49. The van der Waals surface area contributed by atoms with Crippen LogP contribution in [0.5, 0.6) is 0 Å². The Kier molecular flexibility index (Phi) is 5.86. The number of rotatable bonds is 5. The first-order valence-corrected chi connectivity index (χ1v) is 7.14. The summed E-state index contributed by atoms with van der Waals surface area (Å²) in [5, 5.41) is 8.02. The van der Waals surface area contributed by atoms with Crippen molar-refractivity contribution >= 4 is 46.5 Å². The molecule has 1 heterocycles. The molecule has 0 aliphatic carbocycles. The molecule has 0 atom stereocenters. The minimum Gasteiger partial charge on any atom is -0.131 e. The van der Waals surface area contributed by atoms with Crippen LogP contribution >= 0.6 is 46.5 Å². The van der Waals surface area contributed by atoms with Crippen molar-refractivity contribution in [3.63, 3.8) is 0 Å². The minimum absolute atomic E-state index is 0.576. The Morgan fingerprint density at radius 1 is 1.38 bits per heavy atom. The molecular formula is C7H9ClN2S3. The first-order valence-electron chi connectivity index (χ1n) is 3.58. The van der Waals surface area contributed by atoms with Gasteiger partial charge < -0.3 is 0 Å². The number of thioether (sulfide) groups is 2. The molecule has 0 aliphatic rings. The van der Waals surface area contributed by atoms with Crippen molar-refractivity contribution in [2.24, 2.45) is 0 Å². The lowest BCUT2D eigenvalue weighted by molar-refractivity contribution is 0.956. The SMILES string of the molecule is CSc1nnc(SC/C=C/CCl)s1. The van der Waals surface area contributed by atoms with Gasteiger partial charge in [0, 0.05) is 11.6 Å². The first-order chi connectivity index (χ1) is 6.36. The van der Waals surface area contributed by atoms with Crippen LogP contribution in [0.3, 0.4) is 0 Å². The highest BCUT2D eigenvalue weighted by Crippen LogP contribution is 2.27. The molecule has 0 saturated heterocycles. The zero-order chi connectivity index (χ0) is 9.52. The molecule has 0 radical (unpaired) electrons. The molecule has 13 heavy (non-hydrogen) atoms. The highest BCUT2D eigenvalue weighted by atomic mass is 35.5. The third kappa shape index (κ3) is 4.35. The molecule has 0 aromatic carbocycles. The molecule has 2 nitrogen and oxygen atoms in total. The second-order valence-electron chi connectivity index (χ2n) is 1.97. The summed E-state index contributed by atoms with van der Waals surface area (Å²) in [6.07, 6.45) is 5.98. The van der Waals surface area contributed by atoms with Crippen molar-refractivity contribution in [3.05, 3.63) is 12.2 Å². The van der Waals surface area contributed by atoms with E-state index in [4.69, 9.17) is 11.6 Å². The van der Waals surface area contributed by atoms with E-state index in [1.807, 2.05) is 18.4 Å². The minimum atomic E-state index is 0.576. The van der Waals surface area contributed by atoms with Gasteiger partial charge in [-0.25, -0.2) is 0 Å². The van der Waals surface area contributed by atoms with E-state index in [1.165, 1.54) is 0 Å². The highest BCUT2D eigenvalue weighted by Gasteiger charge is 2.01. The van der Waals surface area contributed by atoms with Crippen LogP contribution in [0, 0.1) is 0 Å². The van der Waals surface area contributed by atoms with E-state index in [0.717, 1.165) is 14.4 Å². The van der Waals surface area contributed by atoms with Crippen LogP contribution in [0.25, 0.3) is 0 Å². The Balaban J connectivity index is 2.32. The number of halogens is 1. The Morgan fingerprint density at radius 2 is 2.15 bits per heavy atom. The lowest BCUT2D eigenvalue weighted by Gasteiger charge is -1.87. The average molecular weight is 253 g/mol. The summed E-state index contributed by atoms with van der Waals surface area (Å²) in [6.45, 7) is 0. The summed E-state index contributed by atoms with van der Waals surface area (Å²) in [5.41, 5.74) is 0. The fraction of sp³-hybridized carbons (Fsp3) is 0.429. The van der Waals surface area contributed by atoms with Crippen LogP contribution in [-0.2, 0) is 0 Å². The van der Waals surface area contributed by atoms with E-state index in [1.54, 1.807) is 34.9 Å². The van der Waals surface area contributed by atoms with Crippen molar-refractivity contribution in [2.45, 2.75) is 8.68 Å². The number of alkyl halides is 1. The summed E-state index contributed by atoms with van der Waals surface area (Å²) < 4.78 is 2.03. The Bertz CT molecular complexity index is 274. The second kappa shape index (κ2) is 6.70. The van der Waals surface area contributed by atoms with Crippen molar-refractivity contribution in [2.75, 3.05) is 17.9 Å². The Hall–Kier alpha value is 0.290. The molecule has 1 aromatic heterocycles. The van der Waals surface area contributed by atoms with Gasteiger partial charge >= 0.3 is 0 Å². The van der Waals surface area contributed by atoms with Gasteiger partial charge in [0.15, 0.2) is 8.68 Å². The van der Waals surface area contributed by atoms with Crippen LogP contribution in [0.15, 0.2) is 20.8 Å². The lowest BCUT2D eigenvalue weighted by atomic mass is 10.6. The molecule has 1 rings (SSSR count). The van der Waals surface area contributed by atoms with Gasteiger partial charge in [0.05, 0.1) is 0 Å². The van der Waals surface area contributed by atoms with Crippen molar-refractivity contribution in [1.29, 1.82) is 0 Å². The molecular weight excluding hydrogens is 244 g/mol. The maximum atomic E-state index is 5.49. The summed E-state index contributed by atoms with van der Waals surface area (Å²) in [4.78, 5) is 0. The molecule has 0 bridgehead atoms. The largest absolute Gasteiger partial charge is 0.175 e. The molecule has 6 heteroatoms. The Morgan fingerprint density at radius 3 is 2.77 bits per heavy atom. The van der Waals surface area contributed by atoms with Gasteiger partial charge in [-0.3, -0.25) is 0 Å². The van der Waals surface area contributed by atoms with E-state index in [9.17, 15) is 0 Å². The normalized spacial score (nSPS) is 11.2. The number of aromatic nitrogens is 2. The molecule has 72 valence electrons. The topological polar surface area (TPSA) is 25.8 Å². The molecule has 0 aliphatic heterocycles. The predicted octanol–water partition coefficient (Wildman–Crippen LogP) is 3.15. The van der Waals surface area contributed by atoms with Gasteiger partial charge in [0.25, 0.3) is 0 Å². The van der Waals surface area contributed by atoms with Crippen molar-refractivity contribution < 1.29 is 0 Å². The fourth-order valence-electron chi connectivity index (χ4n) is 0.588. The van der Waals surface area contributed by atoms with E-state index in [0.29, 0.717) is 5.88 Å². The second-order valence-corrected chi connectivity index (χ2v) is 5.58. The van der Waals surface area contributed by atoms with Crippen LogP contribution in [0.1, 0.15) is 0 Å². The van der Waals surface area contributed by atoms with Gasteiger partial charge in [-0.2, -0.15) is 0 Å². The van der Waals surface area contributed by atoms with Crippen molar-refractivity contribution in [1.82, 2.24) is 10.2 Å². The third-order valence-corrected chi connectivity index (χ3v) is 4.28. The first kappa shape index (κ1) is 11.4. The maximum Gasteiger partial charge on any atom is 0.175 e. The smallest absolute Gasteiger partial charge is 0.131 e. The van der Waals surface area contributed by atoms with E-state index in [-0.39, 0.29) is 0 Å². The van der Waals surface area contributed by atoms with Gasteiger partial charge in [-0.05, 0) is 6.26 Å². The molecule has 0 saturated carbocycles. The van der Waals surface area contributed by atoms with Crippen molar-refractivity contribution in [3.8, 4) is 0 Å². The summed E-state index contributed by atoms with van der Waals surface area (Å²) in [6, 6.07) is 0. The zero-order valence-corrected chi connectivity index (χ0v) is 10.3. The van der Waals surface area contributed by atoms with Crippen LogP contribution < -0.4 is 0 Å². The van der Waals surface area contributed by atoms with Gasteiger partial charge in [-0.15, -0.1) is 21.8 Å². The predicted molar refractivity (Wildman–Crippen MR) is 62.3 cm³/mol. The summed E-state index contributed by atoms with van der Waals surface area (Å²) in [5.74, 6) is 1.49. The molecule has 0 N–H and O–H groups in total. The molecule has 0 spiro atoms. The lowest BCUT2D eigenvalue weighted by Crippen LogP contribution is -1.73. The van der Waals surface area contributed by atoms with E-state index in [2.05, 4.69) is 10.2 Å². The Labute approximate surface area is 95.2 Å². The third-order valence-electron chi connectivity index (χ3n) is 1.12. The number of allylic oxidation sites excluding steroid dienone is 1. The number of hydrogen-bond donors (Lipinski definition) is 0. The van der Waals surface area contributed by atoms with Crippen LogP contribution in [-0.4, -0.2) is 28.1 Å². The summed E-state index contributed by atoms with van der Waals surface area (Å²) in [7, 11) is 0. The quantitative estimate of drug-likeness (QED) is 0.457. The highest BCUT2D eigenvalue weighted by molar-refractivity contribution is 8.03. The molecule has 0 fully saturated rings. The molecule has 0 unspecified atom stereocenters. The molecule has 1 aromatic rings. The van der Waals surface area contributed by atoms with Gasteiger partial charge in [0.1, 0.15) is 0 Å². The van der Waals surface area contributed by atoms with Crippen LogP contribution in [0.4, 0.5) is 0 Å². The monoisotopic (exact) mass is 252 g/mol. The number of hydrogen-bond acceptors (Lipinski definition) is 5.